The maximum Gasteiger partial charge on any atom is 0.338 e. The number of esters is 1. The molecule has 2 aromatic rings. The maximum atomic E-state index is 12.4. The molecule has 0 N–H and O–H groups in total. The van der Waals surface area contributed by atoms with Crippen LogP contribution in [0.3, 0.4) is 0 Å². The van der Waals surface area contributed by atoms with Crippen LogP contribution in [0.25, 0.3) is 0 Å². The van der Waals surface area contributed by atoms with Gasteiger partial charge in [0.2, 0.25) is 5.78 Å². The summed E-state index contributed by atoms with van der Waals surface area (Å²) in [6, 6.07) is 11.5. The van der Waals surface area contributed by atoms with Gasteiger partial charge in [-0.1, -0.05) is 24.3 Å². The van der Waals surface area contributed by atoms with Crippen LogP contribution in [0.1, 0.15) is 44.3 Å². The lowest BCUT2D eigenvalue weighted by Crippen LogP contribution is -2.24. The minimum atomic E-state index is -3.14. The first-order valence-corrected chi connectivity index (χ1v) is 10.2. The normalized spacial score (nSPS) is 12.5. The summed E-state index contributed by atoms with van der Waals surface area (Å²) in [7, 11) is -3.14. The summed E-state index contributed by atoms with van der Waals surface area (Å²) >= 11 is 0. The summed E-state index contributed by atoms with van der Waals surface area (Å²) in [5, 5.41) is 0. The van der Waals surface area contributed by atoms with Gasteiger partial charge in [0.1, 0.15) is 0 Å². The van der Waals surface area contributed by atoms with Crippen LogP contribution in [0, 0.1) is 13.8 Å². The van der Waals surface area contributed by atoms with Crippen LogP contribution in [0.2, 0.25) is 0 Å². The molecule has 0 aromatic heterocycles. The van der Waals surface area contributed by atoms with Crippen molar-refractivity contribution < 1.29 is 22.7 Å². The van der Waals surface area contributed by atoms with Crippen molar-refractivity contribution in [3.63, 3.8) is 0 Å². The summed E-state index contributed by atoms with van der Waals surface area (Å²) < 4.78 is 27.8. The first-order valence-electron chi connectivity index (χ1n) is 8.16. The van der Waals surface area contributed by atoms with Gasteiger partial charge in [0.15, 0.2) is 15.9 Å². The van der Waals surface area contributed by atoms with Gasteiger partial charge in [-0.25, -0.2) is 13.2 Å². The van der Waals surface area contributed by atoms with Crippen molar-refractivity contribution >= 4 is 21.6 Å². The van der Waals surface area contributed by atoms with Crippen LogP contribution in [0.4, 0.5) is 0 Å². The van der Waals surface area contributed by atoms with Gasteiger partial charge in [-0.2, -0.15) is 0 Å². The number of ketones is 1. The second-order valence-electron chi connectivity index (χ2n) is 6.48. The number of aryl methyl sites for hydroxylation is 2. The Kier molecular flexibility index (Phi) is 5.97. The molecule has 0 heterocycles. The molecule has 0 radical (unpaired) electrons. The van der Waals surface area contributed by atoms with Crippen LogP contribution < -0.4 is 0 Å². The van der Waals surface area contributed by atoms with E-state index in [4.69, 9.17) is 4.74 Å². The van der Waals surface area contributed by atoms with Gasteiger partial charge in [-0.05, 0) is 55.7 Å². The van der Waals surface area contributed by atoms with E-state index in [-0.39, 0.29) is 17.1 Å². The Bertz CT molecular complexity index is 927. The largest absolute Gasteiger partial charge is 0.451 e. The third kappa shape index (κ3) is 5.26. The van der Waals surface area contributed by atoms with Gasteiger partial charge in [0.25, 0.3) is 0 Å². The minimum absolute atomic E-state index is 0.0933. The Labute approximate surface area is 153 Å². The summed E-state index contributed by atoms with van der Waals surface area (Å²) in [6.45, 7) is 5.41. The van der Waals surface area contributed by atoms with E-state index in [2.05, 4.69) is 0 Å². The number of benzene rings is 2. The number of hydrogen-bond acceptors (Lipinski definition) is 5. The molecule has 0 bridgehead atoms. The second kappa shape index (κ2) is 7.83. The Hall–Kier alpha value is -2.47. The third-order valence-electron chi connectivity index (χ3n) is 4.06. The van der Waals surface area contributed by atoms with Crippen molar-refractivity contribution in [2.45, 2.75) is 32.6 Å². The molecule has 0 aliphatic heterocycles. The quantitative estimate of drug-likeness (QED) is 0.573. The molecule has 0 saturated heterocycles. The lowest BCUT2D eigenvalue weighted by Gasteiger charge is -2.13. The van der Waals surface area contributed by atoms with Crippen molar-refractivity contribution in [3.05, 3.63) is 70.3 Å². The number of ether oxygens (including phenoxy) is 1. The zero-order valence-electron chi connectivity index (χ0n) is 15.3. The maximum absolute atomic E-state index is 12.4. The minimum Gasteiger partial charge on any atom is -0.451 e. The molecule has 2 rings (SSSR count). The first kappa shape index (κ1) is 19.8. The van der Waals surface area contributed by atoms with E-state index in [1.54, 1.807) is 24.3 Å². The van der Waals surface area contributed by atoms with Gasteiger partial charge in [0.05, 0.1) is 11.3 Å². The number of sulfone groups is 1. The molecule has 0 fully saturated rings. The molecule has 6 heteroatoms. The highest BCUT2D eigenvalue weighted by Crippen LogP contribution is 2.15. The van der Waals surface area contributed by atoms with E-state index >= 15 is 0 Å². The van der Waals surface area contributed by atoms with E-state index < -0.39 is 21.9 Å². The molecule has 26 heavy (non-hydrogen) atoms. The fourth-order valence-corrected chi connectivity index (χ4v) is 3.25. The molecular weight excluding hydrogens is 352 g/mol. The Morgan fingerprint density at radius 3 is 2.08 bits per heavy atom. The van der Waals surface area contributed by atoms with Crippen LogP contribution in [-0.2, 0) is 20.3 Å². The van der Waals surface area contributed by atoms with E-state index in [9.17, 15) is 18.0 Å². The average Bonchev–Trinajstić information content (AvgIpc) is 2.55. The predicted molar refractivity (Wildman–Crippen MR) is 100 cm³/mol. The SMILES string of the molecule is Cc1ccc(C(=O)C(C)OC(=O)c2ccc(CS(C)(=O)=O)cc2)cc1C. The van der Waals surface area contributed by atoms with Gasteiger partial charge >= 0.3 is 5.97 Å². The standard InChI is InChI=1S/C20H22O5S/c1-13-5-8-18(11-14(13)2)19(21)15(3)25-20(22)17-9-6-16(7-10-17)12-26(4,23)24/h5-11,15H,12H2,1-4H3. The zero-order chi connectivity index (χ0) is 19.5. The van der Waals surface area contributed by atoms with Crippen LogP contribution in [-0.4, -0.2) is 32.5 Å². The molecule has 2 aromatic carbocycles. The van der Waals surface area contributed by atoms with Crippen molar-refractivity contribution in [3.8, 4) is 0 Å². The van der Waals surface area contributed by atoms with E-state index in [0.717, 1.165) is 17.4 Å². The van der Waals surface area contributed by atoms with Gasteiger partial charge in [-0.3, -0.25) is 4.79 Å². The number of carbonyl (C=O) groups is 2. The molecule has 0 aliphatic rings. The average molecular weight is 374 g/mol. The Morgan fingerprint density at radius 2 is 1.54 bits per heavy atom. The Balaban J connectivity index is 2.06. The second-order valence-corrected chi connectivity index (χ2v) is 8.62. The molecular formula is C20H22O5S. The molecule has 0 aliphatic carbocycles. The van der Waals surface area contributed by atoms with Gasteiger partial charge in [0, 0.05) is 11.8 Å². The van der Waals surface area contributed by atoms with Crippen molar-refractivity contribution in [2.75, 3.05) is 6.26 Å². The summed E-state index contributed by atoms with van der Waals surface area (Å²) in [6.07, 6.45) is 0.232. The molecule has 0 saturated carbocycles. The molecule has 0 spiro atoms. The topological polar surface area (TPSA) is 77.5 Å². The van der Waals surface area contributed by atoms with E-state index in [1.165, 1.54) is 19.1 Å². The number of Topliss-reactive ketones (excluding diaryl/α,β-unsaturated/α-hetero) is 1. The lowest BCUT2D eigenvalue weighted by molar-refractivity contribution is 0.0319. The number of rotatable bonds is 6. The van der Waals surface area contributed by atoms with Crippen LogP contribution >= 0.6 is 0 Å². The molecule has 1 unspecified atom stereocenters. The summed E-state index contributed by atoms with van der Waals surface area (Å²) in [5.41, 5.74) is 3.43. The fourth-order valence-electron chi connectivity index (χ4n) is 2.45. The van der Waals surface area contributed by atoms with Crippen LogP contribution in [0.5, 0.6) is 0 Å². The number of hydrogen-bond donors (Lipinski definition) is 0. The number of carbonyl (C=O) groups excluding carboxylic acids is 2. The van der Waals surface area contributed by atoms with E-state index in [0.29, 0.717) is 11.1 Å². The third-order valence-corrected chi connectivity index (χ3v) is 4.92. The van der Waals surface area contributed by atoms with Gasteiger partial charge in [-0.15, -0.1) is 0 Å². The van der Waals surface area contributed by atoms with Crippen molar-refractivity contribution in [2.24, 2.45) is 0 Å². The van der Waals surface area contributed by atoms with Gasteiger partial charge < -0.3 is 4.74 Å². The fraction of sp³-hybridized carbons (Fsp3) is 0.300. The zero-order valence-corrected chi connectivity index (χ0v) is 16.1. The molecule has 1 atom stereocenters. The summed E-state index contributed by atoms with van der Waals surface area (Å²) in [5.74, 6) is -0.986. The molecule has 138 valence electrons. The lowest BCUT2D eigenvalue weighted by atomic mass is 10.0. The highest BCUT2D eigenvalue weighted by atomic mass is 32.2. The molecule has 5 nitrogen and oxygen atoms in total. The summed E-state index contributed by atoms with van der Waals surface area (Å²) in [4.78, 5) is 24.7. The highest BCUT2D eigenvalue weighted by molar-refractivity contribution is 7.89. The van der Waals surface area contributed by atoms with Crippen molar-refractivity contribution in [1.29, 1.82) is 0 Å². The Morgan fingerprint density at radius 1 is 0.962 bits per heavy atom. The smallest absolute Gasteiger partial charge is 0.338 e. The molecule has 0 amide bonds. The van der Waals surface area contributed by atoms with Crippen molar-refractivity contribution in [1.82, 2.24) is 0 Å². The van der Waals surface area contributed by atoms with Crippen LogP contribution in [0.15, 0.2) is 42.5 Å². The highest BCUT2D eigenvalue weighted by Gasteiger charge is 2.21. The first-order chi connectivity index (χ1) is 12.1. The monoisotopic (exact) mass is 374 g/mol. The predicted octanol–water partition coefficient (Wildman–Crippen LogP) is 3.28. The van der Waals surface area contributed by atoms with E-state index in [1.807, 2.05) is 19.9 Å².